The lowest BCUT2D eigenvalue weighted by Crippen LogP contribution is -2.38. The Balaban J connectivity index is 3.14. The average Bonchev–Trinajstić information content (AvgIpc) is 2.35. The van der Waals surface area contributed by atoms with Crippen LogP contribution in [0.4, 0.5) is 4.39 Å². The van der Waals surface area contributed by atoms with Gasteiger partial charge in [-0.25, -0.2) is 4.39 Å². The van der Waals surface area contributed by atoms with Crippen LogP contribution in [-0.2, 0) is 4.79 Å². The van der Waals surface area contributed by atoms with Crippen LogP contribution in [0.5, 0.6) is 5.75 Å². The fraction of sp³-hybridized carbons (Fsp3) is 0.429. The number of amides is 1. The number of hydrogen-bond donors (Lipinski definition) is 1. The number of methoxy groups -OCH3 is 1. The topological polar surface area (TPSA) is 66.8 Å². The van der Waals surface area contributed by atoms with Crippen molar-refractivity contribution in [2.75, 3.05) is 20.2 Å². The van der Waals surface area contributed by atoms with Gasteiger partial charge in [-0.2, -0.15) is 0 Å². The first-order valence-electron chi connectivity index (χ1n) is 6.20. The highest BCUT2D eigenvalue weighted by Crippen LogP contribution is 2.23. The van der Waals surface area contributed by atoms with Gasteiger partial charge in [-0.3, -0.25) is 9.59 Å². The molecule has 0 bridgehead atoms. The molecule has 1 aromatic rings. The van der Waals surface area contributed by atoms with Crippen molar-refractivity contribution in [3.05, 3.63) is 29.6 Å². The minimum Gasteiger partial charge on any atom is -0.496 e. The SMILES string of the molecule is COc1cccc(F)c1C(=O)N(CC(=O)O)CC(C)C. The van der Waals surface area contributed by atoms with Gasteiger partial charge in [0.05, 0.1) is 7.11 Å². The first-order valence-corrected chi connectivity index (χ1v) is 6.20. The van der Waals surface area contributed by atoms with E-state index in [2.05, 4.69) is 0 Å². The summed E-state index contributed by atoms with van der Waals surface area (Å²) in [6.07, 6.45) is 0. The summed E-state index contributed by atoms with van der Waals surface area (Å²) in [5.74, 6) is -2.40. The molecule has 0 aliphatic rings. The molecular weight excluding hydrogens is 265 g/mol. The van der Waals surface area contributed by atoms with Gasteiger partial charge in [-0.1, -0.05) is 19.9 Å². The Morgan fingerprint density at radius 2 is 2.05 bits per heavy atom. The van der Waals surface area contributed by atoms with Gasteiger partial charge in [0.1, 0.15) is 23.7 Å². The highest BCUT2D eigenvalue weighted by atomic mass is 19.1. The van der Waals surface area contributed by atoms with Gasteiger partial charge in [0, 0.05) is 6.54 Å². The van der Waals surface area contributed by atoms with Crippen molar-refractivity contribution < 1.29 is 23.8 Å². The van der Waals surface area contributed by atoms with E-state index in [1.807, 2.05) is 13.8 Å². The molecule has 1 N–H and O–H groups in total. The molecule has 1 aromatic carbocycles. The lowest BCUT2D eigenvalue weighted by molar-refractivity contribution is -0.137. The maximum Gasteiger partial charge on any atom is 0.323 e. The van der Waals surface area contributed by atoms with Crippen molar-refractivity contribution in [3.63, 3.8) is 0 Å². The number of carbonyl (C=O) groups is 2. The summed E-state index contributed by atoms with van der Waals surface area (Å²) in [6, 6.07) is 4.03. The van der Waals surface area contributed by atoms with E-state index in [1.54, 1.807) is 0 Å². The molecule has 0 atom stereocenters. The second-order valence-corrected chi connectivity index (χ2v) is 4.79. The van der Waals surface area contributed by atoms with Crippen molar-refractivity contribution in [3.8, 4) is 5.75 Å². The molecule has 0 saturated heterocycles. The van der Waals surface area contributed by atoms with Crippen LogP contribution in [0, 0.1) is 11.7 Å². The number of benzene rings is 1. The normalized spacial score (nSPS) is 10.4. The van der Waals surface area contributed by atoms with Crippen LogP contribution in [-0.4, -0.2) is 42.1 Å². The van der Waals surface area contributed by atoms with Crippen molar-refractivity contribution in [2.45, 2.75) is 13.8 Å². The number of nitrogens with zero attached hydrogens (tertiary/aromatic N) is 1. The van der Waals surface area contributed by atoms with Crippen LogP contribution in [0.2, 0.25) is 0 Å². The minimum atomic E-state index is -1.14. The van der Waals surface area contributed by atoms with Gasteiger partial charge in [-0.05, 0) is 18.1 Å². The summed E-state index contributed by atoms with van der Waals surface area (Å²) in [7, 11) is 1.33. The molecule has 0 aromatic heterocycles. The molecule has 0 radical (unpaired) electrons. The molecule has 0 spiro atoms. The molecule has 5 nitrogen and oxygen atoms in total. The highest BCUT2D eigenvalue weighted by Gasteiger charge is 2.25. The fourth-order valence-corrected chi connectivity index (χ4v) is 1.86. The second-order valence-electron chi connectivity index (χ2n) is 4.79. The Morgan fingerprint density at radius 3 is 2.55 bits per heavy atom. The lowest BCUT2D eigenvalue weighted by atomic mass is 10.1. The molecule has 0 heterocycles. The molecule has 110 valence electrons. The van der Waals surface area contributed by atoms with Gasteiger partial charge in [0.2, 0.25) is 0 Å². The van der Waals surface area contributed by atoms with Gasteiger partial charge in [0.25, 0.3) is 5.91 Å². The van der Waals surface area contributed by atoms with Gasteiger partial charge in [0.15, 0.2) is 0 Å². The van der Waals surface area contributed by atoms with E-state index in [9.17, 15) is 14.0 Å². The number of ether oxygens (including phenoxy) is 1. The molecule has 1 rings (SSSR count). The quantitative estimate of drug-likeness (QED) is 0.867. The number of carbonyl (C=O) groups excluding carboxylic acids is 1. The van der Waals surface area contributed by atoms with Gasteiger partial charge < -0.3 is 14.7 Å². The number of carboxylic acids is 1. The van der Waals surface area contributed by atoms with E-state index in [1.165, 1.54) is 19.2 Å². The second kappa shape index (κ2) is 6.88. The fourth-order valence-electron chi connectivity index (χ4n) is 1.86. The molecular formula is C14H18FNO4. The first kappa shape index (κ1) is 15.9. The van der Waals surface area contributed by atoms with Crippen LogP contribution >= 0.6 is 0 Å². The maximum absolute atomic E-state index is 13.8. The Hall–Kier alpha value is -2.11. The first-order chi connectivity index (χ1) is 9.36. The van der Waals surface area contributed by atoms with Crippen molar-refractivity contribution in [2.24, 2.45) is 5.92 Å². The van der Waals surface area contributed by atoms with Crippen LogP contribution < -0.4 is 4.74 Å². The maximum atomic E-state index is 13.8. The Morgan fingerprint density at radius 1 is 1.40 bits per heavy atom. The third-order valence-electron chi connectivity index (χ3n) is 2.61. The number of rotatable bonds is 6. The molecule has 20 heavy (non-hydrogen) atoms. The van der Waals surface area contributed by atoms with E-state index >= 15 is 0 Å². The standard InChI is InChI=1S/C14H18FNO4/c1-9(2)7-16(8-12(17)18)14(19)13-10(15)5-4-6-11(13)20-3/h4-6,9H,7-8H2,1-3H3,(H,17,18). The van der Waals surface area contributed by atoms with Crippen LogP contribution in [0.3, 0.4) is 0 Å². The molecule has 0 unspecified atom stereocenters. The Bertz CT molecular complexity index is 502. The summed E-state index contributed by atoms with van der Waals surface area (Å²) in [6.45, 7) is 3.44. The lowest BCUT2D eigenvalue weighted by Gasteiger charge is -2.23. The zero-order chi connectivity index (χ0) is 15.3. The predicted molar refractivity (Wildman–Crippen MR) is 71.3 cm³/mol. The average molecular weight is 283 g/mol. The van der Waals surface area contributed by atoms with E-state index in [-0.39, 0.29) is 23.8 Å². The van der Waals surface area contributed by atoms with E-state index < -0.39 is 24.2 Å². The molecule has 6 heteroatoms. The summed E-state index contributed by atoms with van der Waals surface area (Å²) in [5, 5.41) is 8.87. The van der Waals surface area contributed by atoms with E-state index in [0.29, 0.717) is 0 Å². The zero-order valence-electron chi connectivity index (χ0n) is 11.7. The summed E-state index contributed by atoms with van der Waals surface area (Å²) in [5.41, 5.74) is -0.239. The van der Waals surface area contributed by atoms with E-state index in [0.717, 1.165) is 11.0 Å². The van der Waals surface area contributed by atoms with Crippen molar-refractivity contribution in [1.29, 1.82) is 0 Å². The van der Waals surface area contributed by atoms with Crippen molar-refractivity contribution >= 4 is 11.9 Å². The van der Waals surface area contributed by atoms with Crippen molar-refractivity contribution in [1.82, 2.24) is 4.90 Å². The summed E-state index contributed by atoms with van der Waals surface area (Å²) >= 11 is 0. The van der Waals surface area contributed by atoms with Crippen LogP contribution in [0.15, 0.2) is 18.2 Å². The largest absolute Gasteiger partial charge is 0.496 e. The minimum absolute atomic E-state index is 0.0658. The molecule has 0 aliphatic carbocycles. The monoisotopic (exact) mass is 283 g/mol. The molecule has 0 aliphatic heterocycles. The van der Waals surface area contributed by atoms with Gasteiger partial charge >= 0.3 is 5.97 Å². The highest BCUT2D eigenvalue weighted by molar-refractivity contribution is 5.98. The molecule has 1 amide bonds. The van der Waals surface area contributed by atoms with Gasteiger partial charge in [-0.15, -0.1) is 0 Å². The third kappa shape index (κ3) is 3.94. The number of carboxylic acid groups (broad SMARTS) is 1. The summed E-state index contributed by atoms with van der Waals surface area (Å²) in [4.78, 5) is 24.3. The predicted octanol–water partition coefficient (Wildman–Crippen LogP) is 2.02. The number of aliphatic carboxylic acids is 1. The third-order valence-corrected chi connectivity index (χ3v) is 2.61. The Kier molecular flexibility index (Phi) is 5.49. The number of halogens is 1. The number of hydrogen-bond acceptors (Lipinski definition) is 3. The smallest absolute Gasteiger partial charge is 0.323 e. The zero-order valence-corrected chi connectivity index (χ0v) is 11.7. The Labute approximate surface area is 117 Å². The van der Waals surface area contributed by atoms with E-state index in [4.69, 9.17) is 9.84 Å². The van der Waals surface area contributed by atoms with Crippen LogP contribution in [0.1, 0.15) is 24.2 Å². The molecule has 0 saturated carbocycles. The van der Waals surface area contributed by atoms with Crippen LogP contribution in [0.25, 0.3) is 0 Å². The summed E-state index contributed by atoms with van der Waals surface area (Å²) < 4.78 is 18.8. The molecule has 0 fully saturated rings.